The van der Waals surface area contributed by atoms with E-state index >= 15 is 0 Å². The van der Waals surface area contributed by atoms with Crippen molar-refractivity contribution < 1.29 is 0 Å². The maximum atomic E-state index is 4.66. The molecule has 2 aliphatic rings. The van der Waals surface area contributed by atoms with Crippen molar-refractivity contribution in [2.24, 2.45) is 21.8 Å². The van der Waals surface area contributed by atoms with Gasteiger partial charge in [-0.25, -0.2) is 0 Å². The molecule has 0 aromatic rings. The van der Waals surface area contributed by atoms with Crippen LogP contribution in [0.5, 0.6) is 0 Å². The summed E-state index contributed by atoms with van der Waals surface area (Å²) < 4.78 is 0. The van der Waals surface area contributed by atoms with Gasteiger partial charge in [-0.15, -0.1) is 0 Å². The van der Waals surface area contributed by atoms with Crippen LogP contribution in [0.15, 0.2) is 5.10 Å². The van der Waals surface area contributed by atoms with Gasteiger partial charge in [-0.2, -0.15) is 5.10 Å². The standard InChI is InChI=1S/C13H24N2/c1-12(2)6-10-7-13(10,3)9-11(8-12)14-15(4)5/h10H,6-9H2,1-5H3/b14-11+/t10-,13-/m0/s1. The molecule has 0 N–H and O–H groups in total. The quantitative estimate of drug-likeness (QED) is 0.604. The second-order valence-corrected chi connectivity index (χ2v) is 6.79. The molecule has 2 fully saturated rings. The minimum atomic E-state index is 0.452. The van der Waals surface area contributed by atoms with Crippen molar-refractivity contribution in [3.8, 4) is 0 Å². The zero-order chi connectivity index (χ0) is 11.3. The lowest BCUT2D eigenvalue weighted by atomic mass is 9.83. The largest absolute Gasteiger partial charge is 0.303 e. The number of nitrogens with zero attached hydrogens (tertiary/aromatic N) is 2. The molecule has 0 heterocycles. The SMILES string of the molecule is CN(C)/N=C1\CC(C)(C)C[C@H]2C[C@@]2(C)C1. The first-order valence-electron chi connectivity index (χ1n) is 6.04. The predicted molar refractivity (Wildman–Crippen MR) is 65.0 cm³/mol. The van der Waals surface area contributed by atoms with Gasteiger partial charge >= 0.3 is 0 Å². The predicted octanol–water partition coefficient (Wildman–Crippen LogP) is 3.14. The Hall–Kier alpha value is -0.530. The van der Waals surface area contributed by atoms with Crippen LogP contribution in [0, 0.1) is 16.7 Å². The van der Waals surface area contributed by atoms with Crippen LogP contribution in [0.1, 0.15) is 46.5 Å². The van der Waals surface area contributed by atoms with E-state index in [0.29, 0.717) is 10.8 Å². The number of hydrogen-bond acceptors (Lipinski definition) is 2. The Bertz CT molecular complexity index is 287. The van der Waals surface area contributed by atoms with E-state index in [1.54, 1.807) is 0 Å². The van der Waals surface area contributed by atoms with Crippen molar-refractivity contribution in [1.29, 1.82) is 0 Å². The fourth-order valence-corrected chi connectivity index (χ4v) is 3.21. The maximum absolute atomic E-state index is 4.66. The molecular weight excluding hydrogens is 184 g/mol. The summed E-state index contributed by atoms with van der Waals surface area (Å²) in [6.45, 7) is 7.22. The minimum Gasteiger partial charge on any atom is -0.303 e. The van der Waals surface area contributed by atoms with Crippen molar-refractivity contribution >= 4 is 5.71 Å². The van der Waals surface area contributed by atoms with Gasteiger partial charge in [0.1, 0.15) is 0 Å². The molecule has 2 heteroatoms. The molecule has 2 saturated carbocycles. The first kappa shape index (κ1) is 11.0. The van der Waals surface area contributed by atoms with E-state index in [1.165, 1.54) is 31.4 Å². The van der Waals surface area contributed by atoms with Crippen LogP contribution in [-0.4, -0.2) is 24.8 Å². The fraction of sp³-hybridized carbons (Fsp3) is 0.923. The average molecular weight is 208 g/mol. The Kier molecular flexibility index (Phi) is 2.36. The van der Waals surface area contributed by atoms with Gasteiger partial charge < -0.3 is 5.01 Å². The van der Waals surface area contributed by atoms with E-state index in [2.05, 4.69) is 25.9 Å². The molecular formula is C13H24N2. The summed E-state index contributed by atoms with van der Waals surface area (Å²) in [7, 11) is 4.05. The van der Waals surface area contributed by atoms with Crippen molar-refractivity contribution in [2.45, 2.75) is 46.5 Å². The Balaban J connectivity index is 2.19. The molecule has 0 amide bonds. The van der Waals surface area contributed by atoms with E-state index in [0.717, 1.165) is 5.92 Å². The molecule has 0 saturated heterocycles. The molecule has 2 nitrogen and oxygen atoms in total. The van der Waals surface area contributed by atoms with Crippen molar-refractivity contribution in [2.75, 3.05) is 14.1 Å². The first-order chi connectivity index (χ1) is 6.81. The molecule has 86 valence electrons. The van der Waals surface area contributed by atoms with Crippen LogP contribution >= 0.6 is 0 Å². The lowest BCUT2D eigenvalue weighted by Crippen LogP contribution is -2.18. The van der Waals surface area contributed by atoms with Crippen molar-refractivity contribution in [3.05, 3.63) is 0 Å². The monoisotopic (exact) mass is 208 g/mol. The molecule has 0 aromatic heterocycles. The Morgan fingerprint density at radius 2 is 1.80 bits per heavy atom. The maximum Gasteiger partial charge on any atom is 0.0391 e. The zero-order valence-electron chi connectivity index (χ0n) is 10.8. The molecule has 15 heavy (non-hydrogen) atoms. The van der Waals surface area contributed by atoms with Crippen LogP contribution in [-0.2, 0) is 0 Å². The third-order valence-electron chi connectivity index (χ3n) is 3.97. The third-order valence-corrected chi connectivity index (χ3v) is 3.97. The number of hydrazone groups is 1. The molecule has 2 aliphatic carbocycles. The normalized spacial score (nSPS) is 40.9. The molecule has 0 aliphatic heterocycles. The highest BCUT2D eigenvalue weighted by molar-refractivity contribution is 5.86. The van der Waals surface area contributed by atoms with E-state index in [-0.39, 0.29) is 0 Å². The third kappa shape index (κ3) is 2.35. The summed E-state index contributed by atoms with van der Waals surface area (Å²) in [6, 6.07) is 0. The van der Waals surface area contributed by atoms with E-state index in [1.807, 2.05) is 19.1 Å². The van der Waals surface area contributed by atoms with Gasteiger partial charge in [-0.1, -0.05) is 20.8 Å². The number of hydrogen-bond donors (Lipinski definition) is 0. The van der Waals surface area contributed by atoms with Crippen LogP contribution in [0.3, 0.4) is 0 Å². The van der Waals surface area contributed by atoms with Gasteiger partial charge in [-0.3, -0.25) is 0 Å². The summed E-state index contributed by atoms with van der Waals surface area (Å²) in [5.41, 5.74) is 2.45. The zero-order valence-corrected chi connectivity index (χ0v) is 10.8. The molecule has 0 radical (unpaired) electrons. The molecule has 0 bridgehead atoms. The van der Waals surface area contributed by atoms with Crippen LogP contribution < -0.4 is 0 Å². The highest BCUT2D eigenvalue weighted by Gasteiger charge is 2.54. The number of fused-ring (bicyclic) bond motifs is 1. The second-order valence-electron chi connectivity index (χ2n) is 6.79. The van der Waals surface area contributed by atoms with Crippen LogP contribution in [0.4, 0.5) is 0 Å². The smallest absolute Gasteiger partial charge is 0.0391 e. The highest BCUT2D eigenvalue weighted by Crippen LogP contribution is 2.62. The van der Waals surface area contributed by atoms with Crippen LogP contribution in [0.2, 0.25) is 0 Å². The Morgan fingerprint density at radius 1 is 1.13 bits per heavy atom. The van der Waals surface area contributed by atoms with Gasteiger partial charge in [0.2, 0.25) is 0 Å². The lowest BCUT2D eigenvalue weighted by molar-refractivity contribution is 0.318. The Labute approximate surface area is 93.7 Å². The van der Waals surface area contributed by atoms with Gasteiger partial charge in [0.05, 0.1) is 0 Å². The summed E-state index contributed by atoms with van der Waals surface area (Å²) in [4.78, 5) is 0. The highest BCUT2D eigenvalue weighted by atomic mass is 15.4. The van der Waals surface area contributed by atoms with Crippen molar-refractivity contribution in [3.63, 3.8) is 0 Å². The molecule has 0 aromatic carbocycles. The topological polar surface area (TPSA) is 15.6 Å². The van der Waals surface area contributed by atoms with Gasteiger partial charge in [-0.05, 0) is 42.4 Å². The van der Waals surface area contributed by atoms with Gasteiger partial charge in [0.25, 0.3) is 0 Å². The lowest BCUT2D eigenvalue weighted by Gasteiger charge is -2.23. The second kappa shape index (κ2) is 3.23. The summed E-state index contributed by atoms with van der Waals surface area (Å²) in [6.07, 6.45) is 5.20. The fourth-order valence-electron chi connectivity index (χ4n) is 3.21. The van der Waals surface area contributed by atoms with Crippen molar-refractivity contribution in [1.82, 2.24) is 5.01 Å². The van der Waals surface area contributed by atoms with E-state index in [4.69, 9.17) is 0 Å². The summed E-state index contributed by atoms with van der Waals surface area (Å²) >= 11 is 0. The number of rotatable bonds is 1. The molecule has 0 unspecified atom stereocenters. The minimum absolute atomic E-state index is 0.452. The average Bonchev–Trinajstić information content (AvgIpc) is 2.54. The van der Waals surface area contributed by atoms with E-state index < -0.39 is 0 Å². The van der Waals surface area contributed by atoms with Gasteiger partial charge in [0, 0.05) is 19.8 Å². The Morgan fingerprint density at radius 3 is 2.40 bits per heavy atom. The summed E-state index contributed by atoms with van der Waals surface area (Å²) in [5.74, 6) is 0.961. The molecule has 2 atom stereocenters. The first-order valence-corrected chi connectivity index (χ1v) is 6.04. The molecule has 0 spiro atoms. The van der Waals surface area contributed by atoms with Gasteiger partial charge in [0.15, 0.2) is 0 Å². The van der Waals surface area contributed by atoms with Crippen LogP contribution in [0.25, 0.3) is 0 Å². The van der Waals surface area contributed by atoms with E-state index in [9.17, 15) is 0 Å². The summed E-state index contributed by atoms with van der Waals surface area (Å²) in [5, 5.41) is 6.62. The molecule has 2 rings (SSSR count).